The second-order valence-corrected chi connectivity index (χ2v) is 2.97. The molecular formula is C9H18O2P. The average molecular weight is 189 g/mol. The Morgan fingerprint density at radius 3 is 2.17 bits per heavy atom. The topological polar surface area (TPSA) is 37.3 Å². The van der Waals surface area contributed by atoms with Crippen LogP contribution in [0.1, 0.15) is 46.0 Å². The first-order valence-corrected chi connectivity index (χ1v) is 4.45. The lowest BCUT2D eigenvalue weighted by atomic mass is 9.97. The van der Waals surface area contributed by atoms with Crippen LogP contribution in [0, 0.1) is 5.92 Å². The zero-order valence-corrected chi connectivity index (χ0v) is 8.81. The Kier molecular flexibility index (Phi) is 10.8. The fourth-order valence-electron chi connectivity index (χ4n) is 1.19. The SMILES string of the molecule is CCCCC(CCC)C(=O)O.[P]. The molecule has 0 rings (SSSR count). The molecule has 0 saturated heterocycles. The van der Waals surface area contributed by atoms with Crippen molar-refractivity contribution in [2.24, 2.45) is 5.92 Å². The molecule has 1 atom stereocenters. The molecule has 0 aromatic carbocycles. The number of rotatable bonds is 6. The summed E-state index contributed by atoms with van der Waals surface area (Å²) in [5, 5.41) is 8.73. The molecule has 1 unspecified atom stereocenters. The van der Waals surface area contributed by atoms with Crippen LogP contribution in [-0.4, -0.2) is 11.1 Å². The second kappa shape index (κ2) is 8.99. The van der Waals surface area contributed by atoms with Gasteiger partial charge in [-0.3, -0.25) is 4.79 Å². The van der Waals surface area contributed by atoms with Crippen LogP contribution in [0.5, 0.6) is 0 Å². The van der Waals surface area contributed by atoms with Crippen LogP contribution in [0.3, 0.4) is 0 Å². The maximum atomic E-state index is 10.6. The fraction of sp³-hybridized carbons (Fsp3) is 0.889. The third-order valence-electron chi connectivity index (χ3n) is 1.89. The second-order valence-electron chi connectivity index (χ2n) is 2.97. The standard InChI is InChI=1S/C9H18O2.P/c1-3-5-7-8(6-4-2)9(10)11;/h8H,3-7H2,1-2H3,(H,10,11);. The number of carboxylic acid groups (broad SMARTS) is 1. The van der Waals surface area contributed by atoms with Gasteiger partial charge in [-0.2, -0.15) is 0 Å². The summed E-state index contributed by atoms with van der Waals surface area (Å²) in [6.07, 6.45) is 4.78. The van der Waals surface area contributed by atoms with Gasteiger partial charge in [-0.1, -0.05) is 33.1 Å². The van der Waals surface area contributed by atoms with Gasteiger partial charge in [0.15, 0.2) is 0 Å². The minimum atomic E-state index is -0.625. The molecule has 0 spiro atoms. The van der Waals surface area contributed by atoms with E-state index in [9.17, 15) is 4.79 Å². The molecule has 0 aliphatic heterocycles. The number of carboxylic acids is 1. The largest absolute Gasteiger partial charge is 0.481 e. The molecule has 0 aliphatic rings. The molecule has 3 radical (unpaired) electrons. The van der Waals surface area contributed by atoms with Gasteiger partial charge >= 0.3 is 5.97 Å². The van der Waals surface area contributed by atoms with Gasteiger partial charge in [0.2, 0.25) is 0 Å². The summed E-state index contributed by atoms with van der Waals surface area (Å²) in [7, 11) is 0. The Bertz CT molecular complexity index is 115. The summed E-state index contributed by atoms with van der Waals surface area (Å²) in [5.74, 6) is -0.722. The maximum Gasteiger partial charge on any atom is 0.306 e. The molecule has 0 aromatic rings. The van der Waals surface area contributed by atoms with Crippen molar-refractivity contribution in [2.45, 2.75) is 46.0 Å². The molecule has 71 valence electrons. The van der Waals surface area contributed by atoms with Crippen LogP contribution in [0.4, 0.5) is 0 Å². The molecule has 0 heterocycles. The fourth-order valence-corrected chi connectivity index (χ4v) is 1.19. The summed E-state index contributed by atoms with van der Waals surface area (Å²) < 4.78 is 0. The summed E-state index contributed by atoms with van der Waals surface area (Å²) >= 11 is 0. The monoisotopic (exact) mass is 189 g/mol. The zero-order chi connectivity index (χ0) is 8.69. The van der Waals surface area contributed by atoms with E-state index in [0.29, 0.717) is 0 Å². The van der Waals surface area contributed by atoms with Crippen LogP contribution in [0.25, 0.3) is 0 Å². The van der Waals surface area contributed by atoms with E-state index in [4.69, 9.17) is 5.11 Å². The van der Waals surface area contributed by atoms with E-state index >= 15 is 0 Å². The number of hydrogen-bond donors (Lipinski definition) is 1. The van der Waals surface area contributed by atoms with E-state index in [2.05, 4.69) is 6.92 Å². The van der Waals surface area contributed by atoms with Crippen molar-refractivity contribution in [3.8, 4) is 0 Å². The maximum absolute atomic E-state index is 10.6. The molecule has 3 heteroatoms. The third kappa shape index (κ3) is 6.60. The van der Waals surface area contributed by atoms with E-state index < -0.39 is 5.97 Å². The molecule has 1 N–H and O–H groups in total. The lowest BCUT2D eigenvalue weighted by Gasteiger charge is -2.08. The highest BCUT2D eigenvalue weighted by Gasteiger charge is 2.14. The molecule has 12 heavy (non-hydrogen) atoms. The lowest BCUT2D eigenvalue weighted by molar-refractivity contribution is -0.142. The van der Waals surface area contributed by atoms with Crippen molar-refractivity contribution >= 4 is 15.9 Å². The summed E-state index contributed by atoms with van der Waals surface area (Å²) in [5.41, 5.74) is 0. The van der Waals surface area contributed by atoms with Crippen LogP contribution in [-0.2, 0) is 4.79 Å². The lowest BCUT2D eigenvalue weighted by Crippen LogP contribution is -2.12. The number of aliphatic carboxylic acids is 1. The first-order valence-electron chi connectivity index (χ1n) is 4.45. The Labute approximate surface area is 78.4 Å². The van der Waals surface area contributed by atoms with Gasteiger partial charge in [-0.25, -0.2) is 0 Å². The van der Waals surface area contributed by atoms with Crippen molar-refractivity contribution in [1.29, 1.82) is 0 Å². The first-order chi connectivity index (χ1) is 5.22. The van der Waals surface area contributed by atoms with E-state index in [-0.39, 0.29) is 15.8 Å². The van der Waals surface area contributed by atoms with Crippen LogP contribution in [0.15, 0.2) is 0 Å². The summed E-state index contributed by atoms with van der Waals surface area (Å²) in [4.78, 5) is 10.6. The van der Waals surface area contributed by atoms with Gasteiger partial charge < -0.3 is 5.11 Å². The predicted octanol–water partition coefficient (Wildman–Crippen LogP) is 3.54. The number of hydrogen-bond acceptors (Lipinski definition) is 1. The van der Waals surface area contributed by atoms with E-state index in [1.165, 1.54) is 0 Å². The Balaban J connectivity index is 0. The van der Waals surface area contributed by atoms with E-state index in [1.807, 2.05) is 6.92 Å². The predicted molar refractivity (Wildman–Crippen MR) is 52.5 cm³/mol. The number of carbonyl (C=O) groups is 1. The van der Waals surface area contributed by atoms with Crippen molar-refractivity contribution in [1.82, 2.24) is 0 Å². The molecule has 0 bridgehead atoms. The molecule has 0 aromatic heterocycles. The van der Waals surface area contributed by atoms with E-state index in [1.54, 1.807) is 0 Å². The minimum absolute atomic E-state index is 0. The van der Waals surface area contributed by atoms with Crippen molar-refractivity contribution in [2.75, 3.05) is 0 Å². The minimum Gasteiger partial charge on any atom is -0.481 e. The zero-order valence-electron chi connectivity index (χ0n) is 7.92. The van der Waals surface area contributed by atoms with Crippen LogP contribution in [0.2, 0.25) is 0 Å². The van der Waals surface area contributed by atoms with E-state index in [0.717, 1.165) is 32.1 Å². The van der Waals surface area contributed by atoms with Crippen LogP contribution >= 0.6 is 9.90 Å². The average Bonchev–Trinajstić information content (AvgIpc) is 1.97. The van der Waals surface area contributed by atoms with Crippen molar-refractivity contribution in [3.05, 3.63) is 0 Å². The van der Waals surface area contributed by atoms with Gasteiger partial charge in [0.05, 0.1) is 5.92 Å². The van der Waals surface area contributed by atoms with Gasteiger partial charge in [0, 0.05) is 9.90 Å². The summed E-state index contributed by atoms with van der Waals surface area (Å²) in [6, 6.07) is 0. The van der Waals surface area contributed by atoms with Gasteiger partial charge in [0.1, 0.15) is 0 Å². The highest BCUT2D eigenvalue weighted by molar-refractivity contribution is 6.92. The molecule has 0 amide bonds. The normalized spacial score (nSPS) is 11.8. The smallest absolute Gasteiger partial charge is 0.306 e. The number of unbranched alkanes of at least 4 members (excludes halogenated alkanes) is 1. The van der Waals surface area contributed by atoms with Gasteiger partial charge in [-0.15, -0.1) is 0 Å². The third-order valence-corrected chi connectivity index (χ3v) is 1.89. The Hall–Kier alpha value is -0.100. The molecule has 0 aliphatic carbocycles. The molecule has 2 nitrogen and oxygen atoms in total. The highest BCUT2D eigenvalue weighted by Crippen LogP contribution is 2.14. The van der Waals surface area contributed by atoms with Crippen molar-refractivity contribution in [3.63, 3.8) is 0 Å². The summed E-state index contributed by atoms with van der Waals surface area (Å²) in [6.45, 7) is 4.12. The van der Waals surface area contributed by atoms with Crippen molar-refractivity contribution < 1.29 is 9.90 Å². The van der Waals surface area contributed by atoms with Gasteiger partial charge in [-0.05, 0) is 12.8 Å². The molecule has 0 fully saturated rings. The quantitative estimate of drug-likeness (QED) is 0.649. The first kappa shape index (κ1) is 14.4. The molecular weight excluding hydrogens is 171 g/mol. The highest BCUT2D eigenvalue weighted by atomic mass is 31.0. The molecule has 0 saturated carbocycles. The van der Waals surface area contributed by atoms with Crippen LogP contribution < -0.4 is 0 Å². The van der Waals surface area contributed by atoms with Gasteiger partial charge in [0.25, 0.3) is 0 Å². The Morgan fingerprint density at radius 1 is 1.25 bits per heavy atom. The Morgan fingerprint density at radius 2 is 1.83 bits per heavy atom.